The van der Waals surface area contributed by atoms with Gasteiger partial charge in [-0.3, -0.25) is 4.90 Å². The molecule has 0 bridgehead atoms. The van der Waals surface area contributed by atoms with E-state index in [9.17, 15) is 4.39 Å². The van der Waals surface area contributed by atoms with Crippen LogP contribution in [0.1, 0.15) is 5.56 Å². The van der Waals surface area contributed by atoms with Gasteiger partial charge in [-0.2, -0.15) is 0 Å². The maximum absolute atomic E-state index is 13.4. The summed E-state index contributed by atoms with van der Waals surface area (Å²) in [6, 6.07) is 12.3. The third kappa shape index (κ3) is 4.28. The molecule has 5 heteroatoms. The summed E-state index contributed by atoms with van der Waals surface area (Å²) < 4.78 is 13.4. The van der Waals surface area contributed by atoms with Gasteiger partial charge in [-0.15, -0.1) is 0 Å². The maximum atomic E-state index is 13.4. The average molecular weight is 346 g/mol. The molecule has 0 unspecified atom stereocenters. The van der Waals surface area contributed by atoms with E-state index in [0.29, 0.717) is 5.69 Å². The summed E-state index contributed by atoms with van der Waals surface area (Å²) in [5.41, 5.74) is 8.54. The fourth-order valence-corrected chi connectivity index (χ4v) is 3.00. The number of nitrogens with zero attached hydrogens (tertiary/aromatic N) is 2. The van der Waals surface area contributed by atoms with Crippen LogP contribution in [0.25, 0.3) is 6.08 Å². The summed E-state index contributed by atoms with van der Waals surface area (Å²) in [6.07, 6.45) is 4.27. The highest BCUT2D eigenvalue weighted by molar-refractivity contribution is 6.30. The smallest absolute Gasteiger partial charge is 0.125 e. The molecule has 2 aromatic rings. The van der Waals surface area contributed by atoms with Crippen molar-refractivity contribution in [3.05, 3.63) is 64.9 Å². The monoisotopic (exact) mass is 345 g/mol. The van der Waals surface area contributed by atoms with Crippen LogP contribution in [0.3, 0.4) is 0 Å². The molecule has 0 radical (unpaired) electrons. The predicted molar refractivity (Wildman–Crippen MR) is 100.0 cm³/mol. The number of piperazine rings is 1. The Labute approximate surface area is 147 Å². The maximum Gasteiger partial charge on any atom is 0.125 e. The lowest BCUT2D eigenvalue weighted by atomic mass is 10.2. The van der Waals surface area contributed by atoms with E-state index in [2.05, 4.69) is 22.0 Å². The zero-order valence-corrected chi connectivity index (χ0v) is 14.2. The number of hydrogen-bond acceptors (Lipinski definition) is 3. The minimum atomic E-state index is -0.243. The minimum Gasteiger partial charge on any atom is -0.397 e. The van der Waals surface area contributed by atoms with Crippen LogP contribution in [-0.2, 0) is 0 Å². The van der Waals surface area contributed by atoms with Crippen LogP contribution in [0.15, 0.2) is 48.5 Å². The van der Waals surface area contributed by atoms with Crippen LogP contribution in [0, 0.1) is 5.82 Å². The van der Waals surface area contributed by atoms with Crippen LogP contribution in [-0.4, -0.2) is 37.6 Å². The van der Waals surface area contributed by atoms with Crippen molar-refractivity contribution in [3.8, 4) is 0 Å². The second-order valence-corrected chi connectivity index (χ2v) is 6.38. The minimum absolute atomic E-state index is 0.243. The number of nitrogen functional groups attached to an aromatic ring is 1. The van der Waals surface area contributed by atoms with Crippen LogP contribution in [0.2, 0.25) is 5.02 Å². The molecule has 3 rings (SSSR count). The molecule has 1 heterocycles. The lowest BCUT2D eigenvalue weighted by Crippen LogP contribution is -2.46. The molecule has 0 spiro atoms. The quantitative estimate of drug-likeness (QED) is 0.853. The third-order valence-corrected chi connectivity index (χ3v) is 4.50. The van der Waals surface area contributed by atoms with Crippen LogP contribution < -0.4 is 10.6 Å². The Morgan fingerprint density at radius 2 is 1.75 bits per heavy atom. The van der Waals surface area contributed by atoms with E-state index in [4.69, 9.17) is 17.3 Å². The van der Waals surface area contributed by atoms with Crippen molar-refractivity contribution in [1.29, 1.82) is 0 Å². The molecule has 1 fully saturated rings. The Balaban J connectivity index is 1.52. The predicted octanol–water partition coefficient (Wildman–Crippen LogP) is 3.90. The first-order chi connectivity index (χ1) is 11.6. The van der Waals surface area contributed by atoms with E-state index in [1.807, 2.05) is 24.3 Å². The summed E-state index contributed by atoms with van der Waals surface area (Å²) in [6.45, 7) is 4.46. The van der Waals surface area contributed by atoms with Crippen molar-refractivity contribution >= 4 is 29.1 Å². The molecule has 0 amide bonds. The molecule has 1 aliphatic heterocycles. The molecule has 0 aliphatic carbocycles. The third-order valence-electron chi connectivity index (χ3n) is 4.25. The molecule has 1 aliphatic rings. The summed E-state index contributed by atoms with van der Waals surface area (Å²) >= 11 is 5.88. The number of anilines is 2. The molecule has 0 aromatic heterocycles. The van der Waals surface area contributed by atoms with E-state index in [0.717, 1.165) is 49.0 Å². The Bertz CT molecular complexity index is 707. The van der Waals surface area contributed by atoms with Gasteiger partial charge in [0.05, 0.1) is 11.4 Å². The Morgan fingerprint density at radius 1 is 1.04 bits per heavy atom. The van der Waals surface area contributed by atoms with Gasteiger partial charge in [0.15, 0.2) is 0 Å². The Kier molecular flexibility index (Phi) is 5.38. The van der Waals surface area contributed by atoms with E-state index < -0.39 is 0 Å². The first-order valence-corrected chi connectivity index (χ1v) is 8.44. The standard InChI is InChI=1S/C19H21ClFN3/c20-16-5-3-15(4-6-16)2-1-9-23-10-12-24(13-11-23)19-14-17(21)7-8-18(19)22/h1-8,14H,9-13,22H2. The zero-order valence-electron chi connectivity index (χ0n) is 13.5. The number of rotatable bonds is 4. The van der Waals surface area contributed by atoms with Gasteiger partial charge in [0.1, 0.15) is 5.82 Å². The molecule has 0 atom stereocenters. The van der Waals surface area contributed by atoms with Gasteiger partial charge >= 0.3 is 0 Å². The second-order valence-electron chi connectivity index (χ2n) is 5.94. The van der Waals surface area contributed by atoms with Gasteiger partial charge in [0.25, 0.3) is 0 Å². The summed E-state index contributed by atoms with van der Waals surface area (Å²) in [7, 11) is 0. The molecule has 126 valence electrons. The summed E-state index contributed by atoms with van der Waals surface area (Å²) in [5, 5.41) is 0.750. The van der Waals surface area contributed by atoms with E-state index in [1.54, 1.807) is 6.07 Å². The highest BCUT2D eigenvalue weighted by Crippen LogP contribution is 2.25. The van der Waals surface area contributed by atoms with Gasteiger partial charge in [-0.25, -0.2) is 4.39 Å². The van der Waals surface area contributed by atoms with Crippen molar-refractivity contribution < 1.29 is 4.39 Å². The number of hydrogen-bond donors (Lipinski definition) is 1. The lowest BCUT2D eigenvalue weighted by molar-refractivity contribution is 0.284. The summed E-state index contributed by atoms with van der Waals surface area (Å²) in [4.78, 5) is 4.52. The normalized spacial score (nSPS) is 16.0. The van der Waals surface area contributed by atoms with E-state index in [-0.39, 0.29) is 5.82 Å². The van der Waals surface area contributed by atoms with Crippen molar-refractivity contribution in [1.82, 2.24) is 4.90 Å². The molecule has 2 N–H and O–H groups in total. The molecule has 24 heavy (non-hydrogen) atoms. The Hall–Kier alpha value is -2.04. The molecule has 3 nitrogen and oxygen atoms in total. The van der Waals surface area contributed by atoms with Gasteiger partial charge < -0.3 is 10.6 Å². The van der Waals surface area contributed by atoms with E-state index >= 15 is 0 Å². The largest absolute Gasteiger partial charge is 0.397 e. The first-order valence-electron chi connectivity index (χ1n) is 8.06. The number of benzene rings is 2. The van der Waals surface area contributed by atoms with Crippen molar-refractivity contribution in [3.63, 3.8) is 0 Å². The average Bonchev–Trinajstić information content (AvgIpc) is 2.59. The fourth-order valence-electron chi connectivity index (χ4n) is 2.87. The second kappa shape index (κ2) is 7.69. The molecule has 2 aromatic carbocycles. The van der Waals surface area contributed by atoms with Crippen molar-refractivity contribution in [2.24, 2.45) is 0 Å². The number of halogens is 2. The van der Waals surface area contributed by atoms with Gasteiger partial charge in [0.2, 0.25) is 0 Å². The SMILES string of the molecule is Nc1ccc(F)cc1N1CCN(CC=Cc2ccc(Cl)cc2)CC1. The van der Waals surface area contributed by atoms with Crippen LogP contribution in [0.5, 0.6) is 0 Å². The Morgan fingerprint density at radius 3 is 2.46 bits per heavy atom. The van der Waals surface area contributed by atoms with E-state index in [1.165, 1.54) is 12.1 Å². The topological polar surface area (TPSA) is 32.5 Å². The molecule has 1 saturated heterocycles. The lowest BCUT2D eigenvalue weighted by Gasteiger charge is -2.36. The molecular weight excluding hydrogens is 325 g/mol. The van der Waals surface area contributed by atoms with Crippen LogP contribution in [0.4, 0.5) is 15.8 Å². The van der Waals surface area contributed by atoms with Crippen molar-refractivity contribution in [2.75, 3.05) is 43.4 Å². The molecular formula is C19H21ClFN3. The van der Waals surface area contributed by atoms with Crippen molar-refractivity contribution in [2.45, 2.75) is 0 Å². The van der Waals surface area contributed by atoms with Gasteiger partial charge in [0, 0.05) is 37.7 Å². The van der Waals surface area contributed by atoms with Gasteiger partial charge in [-0.1, -0.05) is 35.9 Å². The first kappa shape index (κ1) is 16.8. The van der Waals surface area contributed by atoms with Gasteiger partial charge in [-0.05, 0) is 35.9 Å². The summed E-state index contributed by atoms with van der Waals surface area (Å²) in [5.74, 6) is -0.243. The number of nitrogens with two attached hydrogens (primary N) is 1. The molecule has 0 saturated carbocycles. The zero-order chi connectivity index (χ0) is 16.9. The highest BCUT2D eigenvalue weighted by atomic mass is 35.5. The fraction of sp³-hybridized carbons (Fsp3) is 0.263. The highest BCUT2D eigenvalue weighted by Gasteiger charge is 2.18. The van der Waals surface area contributed by atoms with Crippen LogP contribution >= 0.6 is 11.6 Å².